The zero-order chi connectivity index (χ0) is 9.26. The van der Waals surface area contributed by atoms with E-state index in [0.29, 0.717) is 0 Å². The molecule has 1 heterocycles. The van der Waals surface area contributed by atoms with Gasteiger partial charge in [0.2, 0.25) is 0 Å². The van der Waals surface area contributed by atoms with E-state index in [1.165, 1.54) is 10.9 Å². The van der Waals surface area contributed by atoms with Gasteiger partial charge in [0.1, 0.15) is 0 Å². The second-order valence-electron chi connectivity index (χ2n) is 3.09. The van der Waals surface area contributed by atoms with Crippen molar-refractivity contribution in [1.29, 1.82) is 0 Å². The average Bonchev–Trinajstić information content (AvgIpc) is 2.17. The Morgan fingerprint density at radius 3 is 2.71 bits per heavy atom. The third kappa shape index (κ3) is 1.67. The van der Waals surface area contributed by atoms with Gasteiger partial charge in [0, 0.05) is 5.39 Å². The standard InChI is InChI=1S/C12H11N.CH4/c1-3-11-9(2)8-10-6-4-5-7-12(10)13-11;/h3-8H,1H2,2H3;1H4. The maximum atomic E-state index is 4.48. The molecule has 2 aromatic rings. The van der Waals surface area contributed by atoms with Gasteiger partial charge in [-0.3, -0.25) is 0 Å². The molecule has 0 saturated carbocycles. The first-order chi connectivity index (χ1) is 6.31. The number of para-hydroxylation sites is 1. The molecule has 0 saturated heterocycles. The Labute approximate surface area is 85.1 Å². The lowest BCUT2D eigenvalue weighted by Gasteiger charge is -2.02. The summed E-state index contributed by atoms with van der Waals surface area (Å²) in [6.07, 6.45) is 1.79. The number of aryl methyl sites for hydroxylation is 1. The van der Waals surface area contributed by atoms with E-state index >= 15 is 0 Å². The van der Waals surface area contributed by atoms with Crippen molar-refractivity contribution in [1.82, 2.24) is 4.98 Å². The van der Waals surface area contributed by atoms with Gasteiger partial charge in [0.15, 0.2) is 0 Å². The molecule has 72 valence electrons. The first kappa shape index (κ1) is 10.5. The number of fused-ring (bicyclic) bond motifs is 1. The summed E-state index contributed by atoms with van der Waals surface area (Å²) in [5.74, 6) is 0. The minimum atomic E-state index is 0. The van der Waals surface area contributed by atoms with Gasteiger partial charge in [-0.15, -0.1) is 0 Å². The van der Waals surface area contributed by atoms with E-state index in [2.05, 4.69) is 30.6 Å². The van der Waals surface area contributed by atoms with Crippen LogP contribution in [0.1, 0.15) is 18.7 Å². The van der Waals surface area contributed by atoms with Crippen LogP contribution < -0.4 is 0 Å². The third-order valence-corrected chi connectivity index (χ3v) is 2.15. The van der Waals surface area contributed by atoms with Gasteiger partial charge >= 0.3 is 0 Å². The first-order valence-electron chi connectivity index (χ1n) is 4.30. The molecule has 0 aliphatic heterocycles. The van der Waals surface area contributed by atoms with Crippen LogP contribution in [0.2, 0.25) is 0 Å². The molecule has 0 aliphatic rings. The molecular weight excluding hydrogens is 170 g/mol. The highest BCUT2D eigenvalue weighted by Gasteiger charge is 1.98. The van der Waals surface area contributed by atoms with Gasteiger partial charge in [-0.1, -0.05) is 32.2 Å². The number of benzene rings is 1. The lowest BCUT2D eigenvalue weighted by molar-refractivity contribution is 1.30. The quantitative estimate of drug-likeness (QED) is 0.658. The number of hydrogen-bond acceptors (Lipinski definition) is 1. The van der Waals surface area contributed by atoms with Gasteiger partial charge in [-0.2, -0.15) is 0 Å². The van der Waals surface area contributed by atoms with Crippen LogP contribution in [0.25, 0.3) is 17.0 Å². The Kier molecular flexibility index (Phi) is 3.03. The van der Waals surface area contributed by atoms with Crippen LogP contribution in [0.3, 0.4) is 0 Å². The number of aromatic nitrogens is 1. The monoisotopic (exact) mass is 185 g/mol. The smallest absolute Gasteiger partial charge is 0.0709 e. The molecule has 1 heteroatoms. The topological polar surface area (TPSA) is 12.9 Å². The number of hydrogen-bond donors (Lipinski definition) is 0. The molecule has 0 spiro atoms. The summed E-state index contributed by atoms with van der Waals surface area (Å²) in [4.78, 5) is 4.48. The molecule has 0 N–H and O–H groups in total. The van der Waals surface area contributed by atoms with Crippen molar-refractivity contribution in [2.75, 3.05) is 0 Å². The summed E-state index contributed by atoms with van der Waals surface area (Å²) in [5.41, 5.74) is 3.18. The second-order valence-corrected chi connectivity index (χ2v) is 3.09. The van der Waals surface area contributed by atoms with E-state index in [-0.39, 0.29) is 7.43 Å². The molecule has 2 rings (SSSR count). The SMILES string of the molecule is C.C=Cc1nc2ccccc2cc1C. The van der Waals surface area contributed by atoms with Crippen molar-refractivity contribution >= 4 is 17.0 Å². The van der Waals surface area contributed by atoms with Crippen LogP contribution >= 0.6 is 0 Å². The molecule has 0 radical (unpaired) electrons. The summed E-state index contributed by atoms with van der Waals surface area (Å²) in [7, 11) is 0. The molecule has 1 aromatic carbocycles. The summed E-state index contributed by atoms with van der Waals surface area (Å²) < 4.78 is 0. The third-order valence-electron chi connectivity index (χ3n) is 2.15. The fourth-order valence-electron chi connectivity index (χ4n) is 1.44. The van der Waals surface area contributed by atoms with E-state index in [1.54, 1.807) is 6.08 Å². The van der Waals surface area contributed by atoms with Gasteiger partial charge in [-0.25, -0.2) is 4.98 Å². The van der Waals surface area contributed by atoms with E-state index in [0.717, 1.165) is 11.2 Å². The predicted molar refractivity (Wildman–Crippen MR) is 63.3 cm³/mol. The van der Waals surface area contributed by atoms with Crippen molar-refractivity contribution in [2.45, 2.75) is 14.4 Å². The van der Waals surface area contributed by atoms with Gasteiger partial charge in [-0.05, 0) is 30.7 Å². The Bertz CT molecular complexity index is 458. The molecule has 0 atom stereocenters. The largest absolute Gasteiger partial charge is 0.248 e. The second kappa shape index (κ2) is 4.05. The molecule has 0 fully saturated rings. The van der Waals surface area contributed by atoms with E-state index in [9.17, 15) is 0 Å². The predicted octanol–water partition coefficient (Wildman–Crippen LogP) is 3.82. The normalized spacial score (nSPS) is 9.50. The minimum absolute atomic E-state index is 0. The van der Waals surface area contributed by atoms with Crippen LogP contribution in [0.5, 0.6) is 0 Å². The van der Waals surface area contributed by atoms with Crippen LogP contribution in [0, 0.1) is 6.92 Å². The Morgan fingerprint density at radius 2 is 2.00 bits per heavy atom. The van der Waals surface area contributed by atoms with Crippen LogP contribution in [-0.2, 0) is 0 Å². The highest BCUT2D eigenvalue weighted by Crippen LogP contribution is 2.16. The number of pyridine rings is 1. The summed E-state index contributed by atoms with van der Waals surface area (Å²) in [5, 5.41) is 1.19. The zero-order valence-electron chi connectivity index (χ0n) is 7.62. The Balaban J connectivity index is 0.000000980. The maximum Gasteiger partial charge on any atom is 0.0709 e. The van der Waals surface area contributed by atoms with Crippen molar-refractivity contribution < 1.29 is 0 Å². The summed E-state index contributed by atoms with van der Waals surface area (Å²) in [6.45, 7) is 5.79. The minimum Gasteiger partial charge on any atom is -0.248 e. The molecule has 14 heavy (non-hydrogen) atoms. The van der Waals surface area contributed by atoms with Crippen LogP contribution in [0.4, 0.5) is 0 Å². The average molecular weight is 185 g/mol. The highest BCUT2D eigenvalue weighted by molar-refractivity contribution is 5.80. The molecule has 1 aromatic heterocycles. The van der Waals surface area contributed by atoms with E-state index in [4.69, 9.17) is 0 Å². The van der Waals surface area contributed by atoms with Crippen LogP contribution in [0.15, 0.2) is 36.9 Å². The fraction of sp³-hybridized carbons (Fsp3) is 0.154. The molecule has 0 aliphatic carbocycles. The van der Waals surface area contributed by atoms with E-state index < -0.39 is 0 Å². The van der Waals surface area contributed by atoms with Crippen LogP contribution in [-0.4, -0.2) is 4.98 Å². The molecule has 0 amide bonds. The fourth-order valence-corrected chi connectivity index (χ4v) is 1.44. The maximum absolute atomic E-state index is 4.48. The zero-order valence-corrected chi connectivity index (χ0v) is 7.62. The van der Waals surface area contributed by atoms with Crippen molar-refractivity contribution in [3.8, 4) is 0 Å². The van der Waals surface area contributed by atoms with Gasteiger partial charge in [0.25, 0.3) is 0 Å². The lowest BCUT2D eigenvalue weighted by Crippen LogP contribution is -1.87. The molecule has 0 unspecified atom stereocenters. The van der Waals surface area contributed by atoms with Crippen molar-refractivity contribution in [3.05, 3.63) is 48.2 Å². The molecule has 1 nitrogen and oxygen atoms in total. The Morgan fingerprint density at radius 1 is 1.29 bits per heavy atom. The molecule has 0 bridgehead atoms. The first-order valence-corrected chi connectivity index (χ1v) is 4.30. The highest BCUT2D eigenvalue weighted by atomic mass is 14.7. The molecular formula is C13H15N. The number of rotatable bonds is 1. The lowest BCUT2D eigenvalue weighted by atomic mass is 10.1. The Hall–Kier alpha value is -1.63. The van der Waals surface area contributed by atoms with Gasteiger partial charge < -0.3 is 0 Å². The van der Waals surface area contributed by atoms with E-state index in [1.807, 2.05) is 18.2 Å². The van der Waals surface area contributed by atoms with Gasteiger partial charge in [0.05, 0.1) is 11.2 Å². The van der Waals surface area contributed by atoms with Crippen molar-refractivity contribution in [3.63, 3.8) is 0 Å². The summed E-state index contributed by atoms with van der Waals surface area (Å²) >= 11 is 0. The number of nitrogens with zero attached hydrogens (tertiary/aromatic N) is 1. The van der Waals surface area contributed by atoms with Crippen molar-refractivity contribution in [2.24, 2.45) is 0 Å². The summed E-state index contributed by atoms with van der Waals surface area (Å²) in [6, 6.07) is 10.2.